The average Bonchev–Trinajstić information content (AvgIpc) is 3.26. The second kappa shape index (κ2) is 12.4. The molecule has 0 spiro atoms. The molecule has 184 valence electrons. The minimum absolute atomic E-state index is 0.112. The van der Waals surface area contributed by atoms with Crippen molar-refractivity contribution in [3.8, 4) is 0 Å². The first kappa shape index (κ1) is 27.1. The van der Waals surface area contributed by atoms with Crippen molar-refractivity contribution in [3.63, 3.8) is 0 Å². The van der Waals surface area contributed by atoms with Gasteiger partial charge in [0.05, 0.1) is 17.6 Å². The van der Waals surface area contributed by atoms with Gasteiger partial charge in [-0.2, -0.15) is 0 Å². The molecule has 0 unspecified atom stereocenters. The van der Waals surface area contributed by atoms with Gasteiger partial charge in [0.2, 0.25) is 5.91 Å². The molecule has 1 amide bonds. The van der Waals surface area contributed by atoms with E-state index in [9.17, 15) is 14.0 Å². The molecule has 7 nitrogen and oxygen atoms in total. The first-order chi connectivity index (χ1) is 16.0. The van der Waals surface area contributed by atoms with Crippen molar-refractivity contribution in [2.24, 2.45) is 5.41 Å². The maximum absolute atomic E-state index is 12.9. The van der Waals surface area contributed by atoms with Gasteiger partial charge >= 0.3 is 0 Å². The Labute approximate surface area is 201 Å². The van der Waals surface area contributed by atoms with Gasteiger partial charge in [0, 0.05) is 32.6 Å². The molecule has 0 bridgehead atoms. The third-order valence-corrected chi connectivity index (χ3v) is 5.42. The number of halogens is 1. The minimum atomic E-state index is -0.331. The quantitative estimate of drug-likeness (QED) is 0.484. The number of rotatable bonds is 6. The number of aromatic nitrogens is 2. The summed E-state index contributed by atoms with van der Waals surface area (Å²) in [5.41, 5.74) is 2.21. The van der Waals surface area contributed by atoms with Gasteiger partial charge in [-0.25, -0.2) is 9.37 Å². The van der Waals surface area contributed by atoms with Crippen LogP contribution in [0.2, 0.25) is 0 Å². The van der Waals surface area contributed by atoms with Crippen LogP contribution in [0, 0.1) is 16.6 Å². The number of aromatic amines is 1. The fraction of sp³-hybridized carbons (Fsp3) is 0.462. The number of imidazole rings is 1. The molecule has 2 heterocycles. The van der Waals surface area contributed by atoms with Crippen LogP contribution in [0.3, 0.4) is 0 Å². The lowest BCUT2D eigenvalue weighted by molar-refractivity contribution is -0.134. The normalized spacial score (nSPS) is 14.9. The lowest BCUT2D eigenvalue weighted by Gasteiger charge is -2.34. The Kier molecular flexibility index (Phi) is 9.86. The van der Waals surface area contributed by atoms with Crippen LogP contribution in [0.5, 0.6) is 0 Å². The summed E-state index contributed by atoms with van der Waals surface area (Å²) in [6.45, 7) is 12.1. The highest BCUT2D eigenvalue weighted by Crippen LogP contribution is 2.20. The number of benzene rings is 1. The number of aldehydes is 1. The largest absolute Gasteiger partial charge is 0.340 e. The first-order valence-corrected chi connectivity index (χ1v) is 11.5. The Bertz CT molecular complexity index is 997. The lowest BCUT2D eigenvalue weighted by atomic mass is 9.91. The Morgan fingerprint density at radius 2 is 1.79 bits per heavy atom. The minimum Gasteiger partial charge on any atom is -0.340 e. The number of hydrogen-bond acceptors (Lipinski definition) is 5. The van der Waals surface area contributed by atoms with Gasteiger partial charge < -0.3 is 20.2 Å². The number of carbonyl (C=O) groups excluding carboxylic acids is 2. The molecule has 0 atom stereocenters. The van der Waals surface area contributed by atoms with Crippen LogP contribution in [0.1, 0.15) is 62.4 Å². The predicted molar refractivity (Wildman–Crippen MR) is 134 cm³/mol. The van der Waals surface area contributed by atoms with E-state index in [4.69, 9.17) is 5.41 Å². The van der Waals surface area contributed by atoms with Gasteiger partial charge in [0.1, 0.15) is 11.6 Å². The molecule has 2 aromatic rings. The van der Waals surface area contributed by atoms with E-state index in [1.54, 1.807) is 18.2 Å². The maximum atomic E-state index is 12.9. The van der Waals surface area contributed by atoms with Gasteiger partial charge in [-0.15, -0.1) is 0 Å². The van der Waals surface area contributed by atoms with E-state index in [-0.39, 0.29) is 16.9 Å². The smallest absolute Gasteiger partial charge is 0.223 e. The third kappa shape index (κ3) is 8.67. The van der Waals surface area contributed by atoms with E-state index in [0.717, 1.165) is 31.8 Å². The molecular weight excluding hydrogens is 433 g/mol. The standard InChI is InChI=1S/C15H14FN3O.C11H22N2O/c1-2-10(15-18-8-13(9-20)19-15)7-14(17)11-3-5-12(16)6-4-11;1-11(2,3)9-10(14)13-7-5-12(4)6-8-13/h3-9,17H,2H2,1H3,(H,18,19);5-9H2,1-4H3/b10-7-,17-14?;. The second-order valence-corrected chi connectivity index (χ2v) is 9.67. The zero-order valence-electron chi connectivity index (χ0n) is 20.8. The van der Waals surface area contributed by atoms with Crippen LogP contribution in [0.4, 0.5) is 4.39 Å². The summed E-state index contributed by atoms with van der Waals surface area (Å²) < 4.78 is 12.9. The highest BCUT2D eigenvalue weighted by Gasteiger charge is 2.23. The number of hydrogen-bond donors (Lipinski definition) is 2. The van der Waals surface area contributed by atoms with Crippen LogP contribution in [-0.2, 0) is 4.79 Å². The van der Waals surface area contributed by atoms with E-state index < -0.39 is 0 Å². The fourth-order valence-electron chi connectivity index (χ4n) is 3.40. The van der Waals surface area contributed by atoms with E-state index >= 15 is 0 Å². The Balaban J connectivity index is 0.000000257. The Morgan fingerprint density at radius 3 is 2.29 bits per heavy atom. The van der Waals surface area contributed by atoms with Crippen LogP contribution in [-0.4, -0.2) is 70.9 Å². The van der Waals surface area contributed by atoms with E-state index in [1.807, 2.05) is 11.8 Å². The molecule has 1 saturated heterocycles. The first-order valence-electron chi connectivity index (χ1n) is 11.5. The zero-order valence-corrected chi connectivity index (χ0v) is 20.8. The molecule has 1 aliphatic rings. The zero-order chi connectivity index (χ0) is 25.3. The number of carbonyl (C=O) groups is 2. The van der Waals surface area contributed by atoms with E-state index in [1.165, 1.54) is 18.3 Å². The Morgan fingerprint density at radius 1 is 1.18 bits per heavy atom. The summed E-state index contributed by atoms with van der Waals surface area (Å²) in [5.74, 6) is 0.551. The number of piperazine rings is 1. The molecular formula is C26H36FN5O2. The monoisotopic (exact) mass is 469 g/mol. The van der Waals surface area contributed by atoms with Crippen molar-refractivity contribution >= 4 is 23.5 Å². The Hall–Kier alpha value is -3.13. The van der Waals surface area contributed by atoms with Crippen molar-refractivity contribution in [1.82, 2.24) is 19.8 Å². The van der Waals surface area contributed by atoms with Crippen LogP contribution >= 0.6 is 0 Å². The van der Waals surface area contributed by atoms with Gasteiger partial charge in [-0.3, -0.25) is 9.59 Å². The van der Waals surface area contributed by atoms with Crippen molar-refractivity contribution in [3.05, 3.63) is 59.4 Å². The molecule has 3 rings (SSSR count). The average molecular weight is 470 g/mol. The molecule has 1 aromatic carbocycles. The number of allylic oxidation sites excluding steroid dienone is 2. The third-order valence-electron chi connectivity index (χ3n) is 5.42. The fourth-order valence-corrected chi connectivity index (χ4v) is 3.40. The summed E-state index contributed by atoms with van der Waals surface area (Å²) in [7, 11) is 2.10. The van der Waals surface area contributed by atoms with Gasteiger partial charge in [-0.1, -0.05) is 27.7 Å². The van der Waals surface area contributed by atoms with Crippen molar-refractivity contribution in [2.45, 2.75) is 40.5 Å². The highest BCUT2D eigenvalue weighted by atomic mass is 19.1. The van der Waals surface area contributed by atoms with E-state index in [0.29, 0.717) is 42.1 Å². The molecule has 0 aliphatic carbocycles. The predicted octanol–water partition coefficient (Wildman–Crippen LogP) is 4.42. The summed E-state index contributed by atoms with van der Waals surface area (Å²) in [4.78, 5) is 33.7. The molecule has 0 saturated carbocycles. The summed E-state index contributed by atoms with van der Waals surface area (Å²) in [6.07, 6.45) is 5.13. The van der Waals surface area contributed by atoms with Crippen molar-refractivity contribution in [1.29, 1.82) is 5.41 Å². The lowest BCUT2D eigenvalue weighted by Crippen LogP contribution is -2.47. The molecule has 34 heavy (non-hydrogen) atoms. The number of nitrogens with zero attached hydrogens (tertiary/aromatic N) is 3. The van der Waals surface area contributed by atoms with Gasteiger partial charge in [0.25, 0.3) is 0 Å². The number of amides is 1. The van der Waals surface area contributed by atoms with E-state index in [2.05, 4.69) is 42.7 Å². The van der Waals surface area contributed by atoms with Gasteiger partial charge in [0.15, 0.2) is 6.29 Å². The molecule has 1 fully saturated rings. The molecule has 1 aromatic heterocycles. The van der Waals surface area contributed by atoms with Crippen molar-refractivity contribution in [2.75, 3.05) is 33.2 Å². The van der Waals surface area contributed by atoms with Crippen LogP contribution < -0.4 is 0 Å². The summed E-state index contributed by atoms with van der Waals surface area (Å²) >= 11 is 0. The molecule has 2 N–H and O–H groups in total. The molecule has 8 heteroatoms. The number of nitrogens with one attached hydrogen (secondary N) is 2. The molecule has 1 aliphatic heterocycles. The molecule has 0 radical (unpaired) electrons. The summed E-state index contributed by atoms with van der Waals surface area (Å²) in [5, 5.41) is 8.02. The SMILES string of the molecule is CC/C(=C/C(=N)c1ccc(F)cc1)c1ncc(C=O)[nH]1.CN1CCN(C(=O)CC(C)(C)C)CC1. The van der Waals surface area contributed by atoms with Gasteiger partial charge in [-0.05, 0) is 60.4 Å². The highest BCUT2D eigenvalue weighted by molar-refractivity contribution is 6.10. The number of H-pyrrole nitrogens is 1. The second-order valence-electron chi connectivity index (χ2n) is 9.67. The summed E-state index contributed by atoms with van der Waals surface area (Å²) in [6, 6.07) is 5.75. The number of likely N-dealkylation sites (N-methyl/N-ethyl adjacent to an activating group) is 1. The topological polar surface area (TPSA) is 93.1 Å². The van der Waals surface area contributed by atoms with Crippen LogP contribution in [0.25, 0.3) is 5.57 Å². The van der Waals surface area contributed by atoms with Crippen molar-refractivity contribution < 1.29 is 14.0 Å². The maximum Gasteiger partial charge on any atom is 0.223 e. The van der Waals surface area contributed by atoms with Crippen LogP contribution in [0.15, 0.2) is 36.5 Å².